The van der Waals surface area contributed by atoms with Crippen molar-refractivity contribution < 1.29 is 8.42 Å². The number of H-pyrrole nitrogens is 1. The summed E-state index contributed by atoms with van der Waals surface area (Å²) in [6, 6.07) is -0.106. The predicted octanol–water partition coefficient (Wildman–Crippen LogP) is 1.93. The van der Waals surface area contributed by atoms with E-state index in [1.807, 2.05) is 13.8 Å². The lowest BCUT2D eigenvalue weighted by Crippen LogP contribution is -2.37. The lowest BCUT2D eigenvalue weighted by atomic mass is 10.0. The van der Waals surface area contributed by atoms with E-state index in [-0.39, 0.29) is 16.9 Å². The van der Waals surface area contributed by atoms with Crippen LogP contribution in [0.2, 0.25) is 0 Å². The number of hydrogen-bond acceptors (Lipinski definition) is 4. The van der Waals surface area contributed by atoms with Gasteiger partial charge in [-0.25, -0.2) is 13.1 Å². The van der Waals surface area contributed by atoms with Gasteiger partial charge < -0.3 is 5.32 Å². The normalized spacial score (nSPS) is 15.1. The van der Waals surface area contributed by atoms with E-state index in [0.717, 1.165) is 19.4 Å². The van der Waals surface area contributed by atoms with Crippen LogP contribution in [0.3, 0.4) is 0 Å². The molecule has 0 aliphatic carbocycles. The van der Waals surface area contributed by atoms with Crippen molar-refractivity contribution in [2.45, 2.75) is 64.9 Å². The molecule has 0 spiro atoms. The Morgan fingerprint density at radius 2 is 1.95 bits per heavy atom. The molecule has 1 aromatic rings. The molecule has 0 aliphatic heterocycles. The summed E-state index contributed by atoms with van der Waals surface area (Å²) in [5.74, 6) is 0.286. The molecule has 0 amide bonds. The molecule has 1 aromatic heterocycles. The summed E-state index contributed by atoms with van der Waals surface area (Å²) in [6.07, 6.45) is 1.92. The van der Waals surface area contributed by atoms with Crippen molar-refractivity contribution in [1.82, 2.24) is 20.2 Å². The second-order valence-corrected chi connectivity index (χ2v) is 7.25. The highest BCUT2D eigenvalue weighted by Gasteiger charge is 2.26. The van der Waals surface area contributed by atoms with Crippen molar-refractivity contribution in [3.63, 3.8) is 0 Å². The Kier molecular flexibility index (Phi) is 6.83. The van der Waals surface area contributed by atoms with Crippen LogP contribution in [-0.4, -0.2) is 31.2 Å². The maximum Gasteiger partial charge on any atom is 0.244 e. The lowest BCUT2D eigenvalue weighted by Gasteiger charge is -2.20. The first kappa shape index (κ1) is 18.1. The zero-order chi connectivity index (χ0) is 16.0. The number of nitrogens with one attached hydrogen (secondary N) is 3. The quantitative estimate of drug-likeness (QED) is 0.608. The molecular formula is C14H28N4O2S. The Morgan fingerprint density at radius 1 is 1.29 bits per heavy atom. The maximum atomic E-state index is 12.6. The van der Waals surface area contributed by atoms with Crippen molar-refractivity contribution in [2.24, 2.45) is 5.92 Å². The molecule has 1 heterocycles. The van der Waals surface area contributed by atoms with Gasteiger partial charge in [0.25, 0.3) is 0 Å². The van der Waals surface area contributed by atoms with Gasteiger partial charge in [-0.05, 0) is 32.7 Å². The van der Waals surface area contributed by atoms with Gasteiger partial charge in [0.2, 0.25) is 10.0 Å². The number of nitrogens with zero attached hydrogens (tertiary/aromatic N) is 1. The van der Waals surface area contributed by atoms with Crippen molar-refractivity contribution in [3.05, 3.63) is 11.4 Å². The highest BCUT2D eigenvalue weighted by atomic mass is 32.2. The molecular weight excluding hydrogens is 288 g/mol. The molecule has 2 atom stereocenters. The van der Waals surface area contributed by atoms with E-state index < -0.39 is 10.0 Å². The van der Waals surface area contributed by atoms with Crippen LogP contribution in [0.4, 0.5) is 0 Å². The Balaban J connectivity index is 2.94. The first-order valence-electron chi connectivity index (χ1n) is 7.60. The van der Waals surface area contributed by atoms with E-state index in [0.29, 0.717) is 17.9 Å². The van der Waals surface area contributed by atoms with E-state index in [2.05, 4.69) is 34.1 Å². The van der Waals surface area contributed by atoms with E-state index in [1.165, 1.54) is 0 Å². The van der Waals surface area contributed by atoms with Crippen LogP contribution in [-0.2, 0) is 16.6 Å². The molecule has 0 fully saturated rings. The fourth-order valence-electron chi connectivity index (χ4n) is 2.10. The zero-order valence-corrected chi connectivity index (χ0v) is 14.5. The van der Waals surface area contributed by atoms with Crippen LogP contribution in [0.15, 0.2) is 4.90 Å². The summed E-state index contributed by atoms with van der Waals surface area (Å²) in [4.78, 5) is 0.279. The lowest BCUT2D eigenvalue weighted by molar-refractivity contribution is 0.433. The molecule has 6 nitrogen and oxygen atoms in total. The number of rotatable bonds is 9. The van der Waals surface area contributed by atoms with E-state index in [1.54, 1.807) is 6.92 Å². The first-order chi connectivity index (χ1) is 9.83. The third kappa shape index (κ3) is 4.79. The SMILES string of the molecule is CCCNCc1n[nH]c(C)c1S(=O)(=O)NC(C)C(C)CC. The van der Waals surface area contributed by atoms with Crippen LogP contribution in [0.25, 0.3) is 0 Å². The van der Waals surface area contributed by atoms with Gasteiger partial charge in [0.15, 0.2) is 0 Å². The molecule has 0 aliphatic rings. The molecule has 0 radical (unpaired) electrons. The largest absolute Gasteiger partial charge is 0.311 e. The monoisotopic (exact) mass is 316 g/mol. The number of hydrogen-bond donors (Lipinski definition) is 3. The van der Waals surface area contributed by atoms with Crippen molar-refractivity contribution >= 4 is 10.0 Å². The Hall–Kier alpha value is -0.920. The van der Waals surface area contributed by atoms with Gasteiger partial charge in [0, 0.05) is 12.6 Å². The van der Waals surface area contributed by atoms with Crippen LogP contribution >= 0.6 is 0 Å². The second kappa shape index (κ2) is 7.91. The minimum Gasteiger partial charge on any atom is -0.311 e. The molecule has 0 saturated carbocycles. The van der Waals surface area contributed by atoms with Crippen LogP contribution in [0.5, 0.6) is 0 Å². The average molecular weight is 316 g/mol. The third-order valence-electron chi connectivity index (χ3n) is 3.79. The van der Waals surface area contributed by atoms with E-state index in [9.17, 15) is 8.42 Å². The fraction of sp³-hybridized carbons (Fsp3) is 0.786. The van der Waals surface area contributed by atoms with Gasteiger partial charge in [-0.15, -0.1) is 0 Å². The summed E-state index contributed by atoms with van der Waals surface area (Å²) < 4.78 is 28.0. The summed E-state index contributed by atoms with van der Waals surface area (Å²) >= 11 is 0. The van der Waals surface area contributed by atoms with Gasteiger partial charge in [-0.2, -0.15) is 5.10 Å². The van der Waals surface area contributed by atoms with Crippen LogP contribution in [0.1, 0.15) is 51.9 Å². The van der Waals surface area contributed by atoms with E-state index in [4.69, 9.17) is 0 Å². The topological polar surface area (TPSA) is 86.9 Å². The molecule has 0 bridgehead atoms. The zero-order valence-electron chi connectivity index (χ0n) is 13.7. The first-order valence-corrected chi connectivity index (χ1v) is 9.08. The predicted molar refractivity (Wildman–Crippen MR) is 84.6 cm³/mol. The second-order valence-electron chi connectivity index (χ2n) is 5.60. The molecule has 21 heavy (non-hydrogen) atoms. The Bertz CT molecular complexity index is 539. The molecule has 1 rings (SSSR count). The summed E-state index contributed by atoms with van der Waals surface area (Å²) in [6.45, 7) is 11.1. The maximum absolute atomic E-state index is 12.6. The molecule has 3 N–H and O–H groups in total. The highest BCUT2D eigenvalue weighted by Crippen LogP contribution is 2.19. The van der Waals surface area contributed by atoms with Gasteiger partial charge in [0.1, 0.15) is 4.90 Å². The molecule has 7 heteroatoms. The number of aromatic amines is 1. The van der Waals surface area contributed by atoms with Crippen molar-refractivity contribution in [3.8, 4) is 0 Å². The molecule has 122 valence electrons. The van der Waals surface area contributed by atoms with Gasteiger partial charge in [-0.1, -0.05) is 27.2 Å². The van der Waals surface area contributed by atoms with Gasteiger partial charge >= 0.3 is 0 Å². The fourth-order valence-corrected chi connectivity index (χ4v) is 3.82. The van der Waals surface area contributed by atoms with Crippen LogP contribution < -0.4 is 10.0 Å². The summed E-state index contributed by atoms with van der Waals surface area (Å²) in [7, 11) is -3.55. The minimum atomic E-state index is -3.55. The molecule has 0 saturated heterocycles. The highest BCUT2D eigenvalue weighted by molar-refractivity contribution is 7.89. The summed E-state index contributed by atoms with van der Waals surface area (Å²) in [5.41, 5.74) is 1.12. The molecule has 2 unspecified atom stereocenters. The number of sulfonamides is 1. The van der Waals surface area contributed by atoms with Crippen molar-refractivity contribution in [1.29, 1.82) is 0 Å². The third-order valence-corrected chi connectivity index (χ3v) is 5.55. The summed E-state index contributed by atoms with van der Waals surface area (Å²) in [5, 5.41) is 10.1. The average Bonchev–Trinajstić information content (AvgIpc) is 2.79. The Morgan fingerprint density at radius 3 is 2.52 bits per heavy atom. The minimum absolute atomic E-state index is 0.106. The standard InChI is InChI=1S/C14H28N4O2S/c1-6-8-15-9-13-14(12(5)16-17-13)21(19,20)18-11(4)10(3)7-2/h10-11,15,18H,6-9H2,1-5H3,(H,16,17). The number of aromatic nitrogens is 2. The van der Waals surface area contributed by atoms with E-state index >= 15 is 0 Å². The Labute approximate surface area is 128 Å². The van der Waals surface area contributed by atoms with Crippen LogP contribution in [0, 0.1) is 12.8 Å². The number of aryl methyl sites for hydroxylation is 1. The van der Waals surface area contributed by atoms with Gasteiger partial charge in [-0.3, -0.25) is 5.10 Å². The van der Waals surface area contributed by atoms with Gasteiger partial charge in [0.05, 0.1) is 11.4 Å². The molecule has 0 aromatic carbocycles. The smallest absolute Gasteiger partial charge is 0.244 e. The van der Waals surface area contributed by atoms with Crippen molar-refractivity contribution in [2.75, 3.05) is 6.54 Å².